The zero-order chi connectivity index (χ0) is 12.6. The molecule has 0 aliphatic heterocycles. The predicted molar refractivity (Wildman–Crippen MR) is 54.0 cm³/mol. The summed E-state index contributed by atoms with van der Waals surface area (Å²) in [6.45, 7) is -0.0704. The second kappa shape index (κ2) is 8.30. The molecule has 0 fully saturated rings. The summed E-state index contributed by atoms with van der Waals surface area (Å²) in [5, 5.41) is 26.7. The average molecular weight is 254 g/mol. The van der Waals surface area contributed by atoms with Gasteiger partial charge in [-0.3, -0.25) is 20.0 Å². The van der Waals surface area contributed by atoms with Gasteiger partial charge in [0.2, 0.25) is 5.91 Å². The highest BCUT2D eigenvalue weighted by Gasteiger charge is 2.17. The molecule has 0 bridgehead atoms. The van der Waals surface area contributed by atoms with Crippen molar-refractivity contribution >= 4 is 24.5 Å². The molecule has 0 radical (unpaired) electrons. The largest absolute Gasteiger partial charge is 0.480 e. The number of carbonyl (C=O) groups excluding carboxylic acids is 1. The van der Waals surface area contributed by atoms with E-state index in [0.717, 1.165) is 0 Å². The van der Waals surface area contributed by atoms with Crippen LogP contribution in [0.5, 0.6) is 0 Å². The number of carboxylic acids is 1. The molecular weight excluding hydrogens is 240 g/mol. The number of nitrogens with zero attached hydrogens (tertiary/aromatic N) is 1. The van der Waals surface area contributed by atoms with Crippen LogP contribution in [-0.2, 0) is 14.4 Å². The average Bonchev–Trinajstić information content (AvgIpc) is 2.20. The summed E-state index contributed by atoms with van der Waals surface area (Å²) in [5.41, 5.74) is 0. The molecule has 1 atom stereocenters. The normalized spacial score (nSPS) is 12.5. The number of rotatable bonds is 8. The van der Waals surface area contributed by atoms with Crippen LogP contribution in [0.3, 0.4) is 0 Å². The fourth-order valence-corrected chi connectivity index (χ4v) is 1.08. The van der Waals surface area contributed by atoms with Crippen molar-refractivity contribution < 1.29 is 29.9 Å². The Kier molecular flexibility index (Phi) is 7.85. The lowest BCUT2D eigenvalue weighted by atomic mass is 10.2. The van der Waals surface area contributed by atoms with Crippen LogP contribution in [0.1, 0.15) is 12.8 Å². The first-order valence-electron chi connectivity index (χ1n) is 4.41. The summed E-state index contributed by atoms with van der Waals surface area (Å²) in [5.74, 6) is -1.62. The van der Waals surface area contributed by atoms with Crippen LogP contribution in [0.2, 0.25) is 0 Å². The second-order valence-corrected chi connectivity index (χ2v) is 3.20. The van der Waals surface area contributed by atoms with Crippen LogP contribution in [0, 0.1) is 0 Å². The maximum Gasteiger partial charge on any atom is 0.327 e. The van der Waals surface area contributed by atoms with Gasteiger partial charge < -0.3 is 10.4 Å². The van der Waals surface area contributed by atoms with E-state index in [-0.39, 0.29) is 25.2 Å². The van der Waals surface area contributed by atoms with Gasteiger partial charge in [-0.15, -0.1) is 0 Å². The second-order valence-electron chi connectivity index (χ2n) is 2.83. The molecule has 0 aliphatic carbocycles. The summed E-state index contributed by atoms with van der Waals surface area (Å²) < 4.78 is 0. The highest BCUT2D eigenvalue weighted by Crippen LogP contribution is 1.94. The molecule has 94 valence electrons. The van der Waals surface area contributed by atoms with Gasteiger partial charge in [-0.05, 0) is 6.42 Å². The van der Waals surface area contributed by atoms with Crippen molar-refractivity contribution in [3.05, 3.63) is 0 Å². The van der Waals surface area contributed by atoms with Crippen molar-refractivity contribution in [3.8, 4) is 0 Å². The Morgan fingerprint density at radius 2 is 2.06 bits per heavy atom. The molecule has 0 aliphatic rings. The van der Waals surface area contributed by atoms with Gasteiger partial charge >= 0.3 is 5.97 Å². The fraction of sp³-hybridized carbons (Fsp3) is 0.714. The minimum atomic E-state index is -1.16. The molecule has 1 amide bonds. The van der Waals surface area contributed by atoms with E-state index in [1.807, 2.05) is 0 Å². The number of hydrogen-bond acceptors (Lipinski definition) is 7. The number of carboxylic acid groups (broad SMARTS) is 1. The summed E-state index contributed by atoms with van der Waals surface area (Å²) in [6.07, 6.45) is 0.244. The molecule has 0 aromatic heterocycles. The molecular formula is C7H14N2O6S. The van der Waals surface area contributed by atoms with Crippen LogP contribution >= 0.6 is 12.6 Å². The number of thiol groups is 1. The third kappa shape index (κ3) is 7.43. The topological polar surface area (TPSA) is 119 Å². The Balaban J connectivity index is 3.69. The molecule has 1 unspecified atom stereocenters. The quantitative estimate of drug-likeness (QED) is 0.220. The first-order valence-corrected chi connectivity index (χ1v) is 5.04. The van der Waals surface area contributed by atoms with E-state index in [1.54, 1.807) is 0 Å². The summed E-state index contributed by atoms with van der Waals surface area (Å²) in [4.78, 5) is 25.9. The lowest BCUT2D eigenvalue weighted by molar-refractivity contribution is -0.492. The lowest BCUT2D eigenvalue weighted by Gasteiger charge is -2.11. The maximum absolute atomic E-state index is 11.2. The van der Waals surface area contributed by atoms with Crippen LogP contribution in [0.15, 0.2) is 0 Å². The number of nitrogens with one attached hydrogen (secondary N) is 1. The molecule has 0 heterocycles. The number of hydrogen-bond donors (Lipinski definition) is 5. The predicted octanol–water partition coefficient (Wildman–Crippen LogP) is -0.722. The Morgan fingerprint density at radius 1 is 1.44 bits per heavy atom. The maximum atomic E-state index is 11.2. The molecule has 0 aromatic carbocycles. The van der Waals surface area contributed by atoms with Crippen molar-refractivity contribution in [2.24, 2.45) is 0 Å². The van der Waals surface area contributed by atoms with Gasteiger partial charge in [0, 0.05) is 12.2 Å². The SMILES string of the molecule is O=C(CCCON(O)O)NC(CS)C(=O)O. The smallest absolute Gasteiger partial charge is 0.327 e. The number of amides is 1. The zero-order valence-electron chi connectivity index (χ0n) is 8.37. The molecule has 9 heteroatoms. The van der Waals surface area contributed by atoms with Gasteiger partial charge in [0.15, 0.2) is 0 Å². The Bertz CT molecular complexity index is 237. The van der Waals surface area contributed by atoms with Crippen molar-refractivity contribution in [2.45, 2.75) is 18.9 Å². The van der Waals surface area contributed by atoms with Crippen LogP contribution in [-0.4, -0.2) is 51.2 Å². The van der Waals surface area contributed by atoms with Gasteiger partial charge in [0.25, 0.3) is 0 Å². The number of carbonyl (C=O) groups is 2. The standard InChI is InChI=1S/C7H14N2O6S/c10-6(2-1-3-15-9(13)14)8-5(4-16)7(11)12/h5,13-14,16H,1-4H2,(H,8,10)(H,11,12). The third-order valence-corrected chi connectivity index (χ3v) is 1.94. The van der Waals surface area contributed by atoms with E-state index in [9.17, 15) is 9.59 Å². The van der Waals surface area contributed by atoms with Gasteiger partial charge in [0.05, 0.1) is 12.0 Å². The highest BCUT2D eigenvalue weighted by atomic mass is 32.1. The first kappa shape index (κ1) is 15.1. The molecule has 16 heavy (non-hydrogen) atoms. The monoisotopic (exact) mass is 254 g/mol. The van der Waals surface area contributed by atoms with E-state index < -0.39 is 23.3 Å². The van der Waals surface area contributed by atoms with Crippen molar-refractivity contribution in [2.75, 3.05) is 12.4 Å². The van der Waals surface area contributed by atoms with Crippen molar-refractivity contribution in [1.29, 1.82) is 0 Å². The molecule has 4 N–H and O–H groups in total. The van der Waals surface area contributed by atoms with Crippen LogP contribution in [0.4, 0.5) is 0 Å². The van der Waals surface area contributed by atoms with Crippen LogP contribution < -0.4 is 5.32 Å². The van der Waals surface area contributed by atoms with E-state index in [1.165, 1.54) is 0 Å². The Morgan fingerprint density at radius 3 is 2.50 bits per heavy atom. The van der Waals surface area contributed by atoms with Crippen molar-refractivity contribution in [1.82, 2.24) is 10.7 Å². The Labute approximate surface area is 97.1 Å². The summed E-state index contributed by atoms with van der Waals surface area (Å²) in [6, 6.07) is -1.02. The van der Waals surface area contributed by atoms with Gasteiger partial charge in [-0.2, -0.15) is 12.6 Å². The fourth-order valence-electron chi connectivity index (χ4n) is 0.831. The van der Waals surface area contributed by atoms with E-state index in [4.69, 9.17) is 15.5 Å². The summed E-state index contributed by atoms with van der Waals surface area (Å²) in [7, 11) is 0. The van der Waals surface area contributed by atoms with Gasteiger partial charge in [-0.1, -0.05) is 0 Å². The van der Waals surface area contributed by atoms with E-state index >= 15 is 0 Å². The Hall–Kier alpha value is -0.870. The van der Waals surface area contributed by atoms with Gasteiger partial charge in [-0.25, -0.2) is 4.79 Å². The highest BCUT2D eigenvalue weighted by molar-refractivity contribution is 7.80. The molecule has 8 nitrogen and oxygen atoms in total. The molecule has 0 aromatic rings. The molecule has 0 spiro atoms. The van der Waals surface area contributed by atoms with Gasteiger partial charge in [0.1, 0.15) is 6.04 Å². The lowest BCUT2D eigenvalue weighted by Crippen LogP contribution is -2.42. The third-order valence-electron chi connectivity index (χ3n) is 1.57. The van der Waals surface area contributed by atoms with E-state index in [2.05, 4.69) is 22.8 Å². The molecule has 0 saturated heterocycles. The minimum Gasteiger partial charge on any atom is -0.480 e. The molecule has 0 saturated carbocycles. The zero-order valence-corrected chi connectivity index (χ0v) is 9.26. The van der Waals surface area contributed by atoms with Crippen molar-refractivity contribution in [3.63, 3.8) is 0 Å². The first-order chi connectivity index (χ1) is 7.47. The number of aliphatic carboxylic acids is 1. The minimum absolute atomic E-state index is 0.00136. The molecule has 0 rings (SSSR count). The van der Waals surface area contributed by atoms with E-state index in [0.29, 0.717) is 0 Å². The van der Waals surface area contributed by atoms with Crippen LogP contribution in [0.25, 0.3) is 0 Å². The summed E-state index contributed by atoms with van der Waals surface area (Å²) >= 11 is 3.77.